The Hall–Kier alpha value is -1.83. The molecule has 1 aromatic rings. The summed E-state index contributed by atoms with van der Waals surface area (Å²) in [4.78, 5) is 4.13. The fourth-order valence-corrected chi connectivity index (χ4v) is 1.92. The summed E-state index contributed by atoms with van der Waals surface area (Å²) >= 11 is 0. The Balaban J connectivity index is 2.96. The highest BCUT2D eigenvalue weighted by atomic mass is 14.9. The number of allylic oxidation sites excluding steroid dienone is 2. The topological polar surface area (TPSA) is 38.4 Å². The zero-order chi connectivity index (χ0) is 13.5. The SMILES string of the molecule is C=C(N)/N=C(C)\C=C(/C)c1cccc(CCC)c1. The zero-order valence-electron chi connectivity index (χ0n) is 11.5. The second-order valence-electron chi connectivity index (χ2n) is 4.52. The van der Waals surface area contributed by atoms with E-state index in [-0.39, 0.29) is 0 Å². The Labute approximate surface area is 110 Å². The van der Waals surface area contributed by atoms with Crippen LogP contribution in [0.3, 0.4) is 0 Å². The van der Waals surface area contributed by atoms with Crippen molar-refractivity contribution in [2.45, 2.75) is 33.6 Å². The molecule has 0 saturated carbocycles. The highest BCUT2D eigenvalue weighted by molar-refractivity contribution is 5.99. The average Bonchev–Trinajstić information content (AvgIpc) is 2.28. The normalized spacial score (nSPS) is 12.6. The average molecular weight is 242 g/mol. The molecule has 0 aliphatic heterocycles. The number of nitrogens with two attached hydrogens (primary N) is 1. The Morgan fingerprint density at radius 1 is 1.39 bits per heavy atom. The molecule has 18 heavy (non-hydrogen) atoms. The van der Waals surface area contributed by atoms with Crippen molar-refractivity contribution in [1.82, 2.24) is 0 Å². The maximum atomic E-state index is 5.46. The molecule has 0 fully saturated rings. The standard InChI is InChI=1S/C16H22N2/c1-5-7-15-8-6-9-16(11-15)12(2)10-13(3)18-14(4)17/h6,8-11H,4-5,7,17H2,1-3H3/b12-10+,18-13-. The first-order chi connectivity index (χ1) is 8.52. The van der Waals surface area contributed by atoms with Gasteiger partial charge in [-0.2, -0.15) is 0 Å². The molecule has 1 aromatic carbocycles. The van der Waals surface area contributed by atoms with Crippen molar-refractivity contribution >= 4 is 11.3 Å². The quantitative estimate of drug-likeness (QED) is 0.780. The van der Waals surface area contributed by atoms with Crippen LogP contribution in [-0.2, 0) is 6.42 Å². The molecule has 2 nitrogen and oxygen atoms in total. The molecule has 1 rings (SSSR count). The fraction of sp³-hybridized carbons (Fsp3) is 0.312. The van der Waals surface area contributed by atoms with Crippen molar-refractivity contribution in [2.75, 3.05) is 0 Å². The van der Waals surface area contributed by atoms with Crippen LogP contribution in [0, 0.1) is 0 Å². The minimum Gasteiger partial charge on any atom is -0.384 e. The van der Waals surface area contributed by atoms with Gasteiger partial charge in [-0.1, -0.05) is 44.2 Å². The molecule has 0 atom stereocenters. The van der Waals surface area contributed by atoms with E-state index in [9.17, 15) is 0 Å². The van der Waals surface area contributed by atoms with E-state index in [1.54, 1.807) is 0 Å². The van der Waals surface area contributed by atoms with Crippen LogP contribution >= 0.6 is 0 Å². The number of nitrogens with zero attached hydrogens (tertiary/aromatic N) is 1. The summed E-state index contributed by atoms with van der Waals surface area (Å²) < 4.78 is 0. The van der Waals surface area contributed by atoms with Crippen LogP contribution in [0.5, 0.6) is 0 Å². The van der Waals surface area contributed by atoms with Gasteiger partial charge >= 0.3 is 0 Å². The molecule has 0 aliphatic carbocycles. The zero-order valence-corrected chi connectivity index (χ0v) is 11.5. The van der Waals surface area contributed by atoms with E-state index in [1.807, 2.05) is 13.0 Å². The molecule has 0 saturated heterocycles. The molecule has 2 N–H and O–H groups in total. The highest BCUT2D eigenvalue weighted by Crippen LogP contribution is 2.16. The summed E-state index contributed by atoms with van der Waals surface area (Å²) in [6, 6.07) is 8.63. The minimum atomic E-state index is 0.344. The summed E-state index contributed by atoms with van der Waals surface area (Å²) in [5.41, 5.74) is 10.1. The van der Waals surface area contributed by atoms with E-state index in [1.165, 1.54) is 23.1 Å². The second kappa shape index (κ2) is 6.80. The number of rotatable bonds is 5. The van der Waals surface area contributed by atoms with E-state index in [2.05, 4.69) is 49.7 Å². The predicted octanol–water partition coefficient (Wildman–Crippen LogP) is 3.93. The van der Waals surface area contributed by atoms with Gasteiger partial charge in [-0.3, -0.25) is 0 Å². The maximum Gasteiger partial charge on any atom is 0.116 e. The van der Waals surface area contributed by atoms with Gasteiger partial charge in [0.05, 0.1) is 0 Å². The highest BCUT2D eigenvalue weighted by Gasteiger charge is 1.98. The molecule has 0 unspecified atom stereocenters. The molecule has 0 aliphatic rings. The van der Waals surface area contributed by atoms with E-state index in [0.29, 0.717) is 5.82 Å². The van der Waals surface area contributed by atoms with Gasteiger partial charge in [-0.25, -0.2) is 4.99 Å². The largest absolute Gasteiger partial charge is 0.384 e. The number of hydrogen-bond acceptors (Lipinski definition) is 2. The molecule has 0 spiro atoms. The minimum absolute atomic E-state index is 0.344. The summed E-state index contributed by atoms with van der Waals surface area (Å²) in [7, 11) is 0. The molecule has 0 aromatic heterocycles. The monoisotopic (exact) mass is 242 g/mol. The van der Waals surface area contributed by atoms with Crippen LogP contribution in [0.25, 0.3) is 5.57 Å². The maximum absolute atomic E-state index is 5.46. The number of benzene rings is 1. The van der Waals surface area contributed by atoms with Crippen molar-refractivity contribution in [3.8, 4) is 0 Å². The molecule has 96 valence electrons. The van der Waals surface area contributed by atoms with Crippen LogP contribution in [0.4, 0.5) is 0 Å². The van der Waals surface area contributed by atoms with Crippen molar-refractivity contribution < 1.29 is 0 Å². The van der Waals surface area contributed by atoms with Crippen LogP contribution in [0.2, 0.25) is 0 Å². The summed E-state index contributed by atoms with van der Waals surface area (Å²) in [6.07, 6.45) is 4.32. The third-order valence-electron chi connectivity index (χ3n) is 2.67. The first-order valence-electron chi connectivity index (χ1n) is 6.30. The number of hydrogen-bond donors (Lipinski definition) is 1. The molecule has 2 heteroatoms. The van der Waals surface area contributed by atoms with Gasteiger partial charge < -0.3 is 5.73 Å². The van der Waals surface area contributed by atoms with Gasteiger partial charge in [0.2, 0.25) is 0 Å². The van der Waals surface area contributed by atoms with E-state index >= 15 is 0 Å². The van der Waals surface area contributed by atoms with Crippen LogP contribution in [0.1, 0.15) is 38.3 Å². The first kappa shape index (κ1) is 14.2. The van der Waals surface area contributed by atoms with Crippen molar-refractivity contribution in [2.24, 2.45) is 10.7 Å². The van der Waals surface area contributed by atoms with Crippen LogP contribution < -0.4 is 5.73 Å². The lowest BCUT2D eigenvalue weighted by Gasteiger charge is -2.05. The van der Waals surface area contributed by atoms with E-state index < -0.39 is 0 Å². The van der Waals surface area contributed by atoms with Gasteiger partial charge in [0.25, 0.3) is 0 Å². The van der Waals surface area contributed by atoms with Crippen molar-refractivity contribution in [3.63, 3.8) is 0 Å². The molecular weight excluding hydrogens is 220 g/mol. The number of aliphatic imine (C=N–C) groups is 1. The van der Waals surface area contributed by atoms with E-state index in [0.717, 1.165) is 12.1 Å². The van der Waals surface area contributed by atoms with Gasteiger partial charge in [0.15, 0.2) is 0 Å². The second-order valence-corrected chi connectivity index (χ2v) is 4.52. The Morgan fingerprint density at radius 3 is 2.72 bits per heavy atom. The van der Waals surface area contributed by atoms with Gasteiger partial charge in [-0.05, 0) is 43.0 Å². The Bertz CT molecular complexity index is 482. The molecule has 0 radical (unpaired) electrons. The van der Waals surface area contributed by atoms with Gasteiger partial charge in [-0.15, -0.1) is 0 Å². The van der Waals surface area contributed by atoms with E-state index in [4.69, 9.17) is 5.73 Å². The third-order valence-corrected chi connectivity index (χ3v) is 2.67. The Morgan fingerprint density at radius 2 is 2.11 bits per heavy atom. The molecular formula is C16H22N2. The lowest BCUT2D eigenvalue weighted by atomic mass is 10.0. The summed E-state index contributed by atoms with van der Waals surface area (Å²) in [5.74, 6) is 0.344. The lowest BCUT2D eigenvalue weighted by Crippen LogP contribution is -1.96. The molecule has 0 heterocycles. The summed E-state index contributed by atoms with van der Waals surface area (Å²) in [5, 5.41) is 0. The third kappa shape index (κ3) is 4.58. The molecule has 0 amide bonds. The summed E-state index contributed by atoms with van der Waals surface area (Å²) in [6.45, 7) is 9.78. The van der Waals surface area contributed by atoms with Gasteiger partial charge in [0, 0.05) is 5.71 Å². The van der Waals surface area contributed by atoms with Gasteiger partial charge in [0.1, 0.15) is 5.82 Å². The smallest absolute Gasteiger partial charge is 0.116 e. The van der Waals surface area contributed by atoms with Crippen molar-refractivity contribution in [1.29, 1.82) is 0 Å². The Kier molecular flexibility index (Phi) is 5.37. The van der Waals surface area contributed by atoms with Crippen LogP contribution in [-0.4, -0.2) is 5.71 Å². The lowest BCUT2D eigenvalue weighted by molar-refractivity contribution is 0.921. The number of aryl methyl sites for hydroxylation is 1. The fourth-order valence-electron chi connectivity index (χ4n) is 1.92. The van der Waals surface area contributed by atoms with Crippen LogP contribution in [0.15, 0.2) is 47.7 Å². The predicted molar refractivity (Wildman–Crippen MR) is 80.5 cm³/mol. The first-order valence-corrected chi connectivity index (χ1v) is 6.30. The molecule has 0 bridgehead atoms. The van der Waals surface area contributed by atoms with Crippen molar-refractivity contribution in [3.05, 3.63) is 53.9 Å².